The van der Waals surface area contributed by atoms with Crippen molar-refractivity contribution in [2.45, 2.75) is 52.4 Å². The number of amides is 3. The number of fused-ring (bicyclic) bond motifs is 1. The van der Waals surface area contributed by atoms with Crippen LogP contribution >= 0.6 is 0 Å². The summed E-state index contributed by atoms with van der Waals surface area (Å²) in [5, 5.41) is 2.65. The summed E-state index contributed by atoms with van der Waals surface area (Å²) in [7, 11) is 0. The summed E-state index contributed by atoms with van der Waals surface area (Å²) in [5.74, 6) is 0.626. The number of imide groups is 1. The van der Waals surface area contributed by atoms with E-state index in [1.165, 1.54) is 0 Å². The number of hydrogen-bond acceptors (Lipinski definition) is 5. The molecule has 1 unspecified atom stereocenters. The molecule has 0 bridgehead atoms. The van der Waals surface area contributed by atoms with Crippen LogP contribution in [0.5, 0.6) is 5.75 Å². The van der Waals surface area contributed by atoms with E-state index in [9.17, 15) is 9.59 Å². The fraction of sp³-hybridized carbons (Fsp3) is 0.381. The Kier molecular flexibility index (Phi) is 5.38. The number of urea groups is 1. The van der Waals surface area contributed by atoms with Crippen molar-refractivity contribution < 1.29 is 19.1 Å². The minimum absolute atomic E-state index is 0.0114. The Balaban J connectivity index is 1.84. The van der Waals surface area contributed by atoms with Crippen molar-refractivity contribution in [3.63, 3.8) is 0 Å². The summed E-state index contributed by atoms with van der Waals surface area (Å²) < 4.78 is 11.7. The Morgan fingerprint density at radius 3 is 2.79 bits per heavy atom. The average molecular weight is 383 g/mol. The minimum Gasteiger partial charge on any atom is -0.439 e. The molecule has 1 N–H and O–H groups in total. The monoisotopic (exact) mass is 383 g/mol. The first kappa shape index (κ1) is 19.8. The molecule has 7 nitrogen and oxygen atoms in total. The van der Waals surface area contributed by atoms with Gasteiger partial charge in [-0.15, -0.1) is 0 Å². The van der Waals surface area contributed by atoms with Crippen LogP contribution in [0.3, 0.4) is 0 Å². The third kappa shape index (κ3) is 3.57. The van der Waals surface area contributed by atoms with Crippen molar-refractivity contribution in [2.75, 3.05) is 0 Å². The van der Waals surface area contributed by atoms with Crippen molar-refractivity contribution in [1.29, 1.82) is 0 Å². The lowest BCUT2D eigenvalue weighted by Gasteiger charge is -2.16. The van der Waals surface area contributed by atoms with Gasteiger partial charge in [0.15, 0.2) is 0 Å². The van der Waals surface area contributed by atoms with Gasteiger partial charge in [-0.25, -0.2) is 14.7 Å². The van der Waals surface area contributed by atoms with Gasteiger partial charge < -0.3 is 14.8 Å². The molecule has 7 heteroatoms. The van der Waals surface area contributed by atoms with E-state index in [0.29, 0.717) is 18.1 Å². The number of nitrogens with zero attached hydrogens (tertiary/aromatic N) is 2. The standard InChI is InChI=1S/C21H25N3O4/c1-6-15-18-14(12-27-15)8-7-9-16(18)28-17(22-5)11-10-13(2)24-19(25)21(3,4)23-20(24)26/h7-11,15H,5-6,12H2,1-4H3,(H,23,26)/b13-10+,17-11+. The highest BCUT2D eigenvalue weighted by Crippen LogP contribution is 2.39. The van der Waals surface area contributed by atoms with E-state index in [-0.39, 0.29) is 17.9 Å². The van der Waals surface area contributed by atoms with Gasteiger partial charge in [-0.2, -0.15) is 0 Å². The molecule has 3 rings (SSSR count). The number of hydrogen-bond donors (Lipinski definition) is 1. The van der Waals surface area contributed by atoms with Gasteiger partial charge in [0.05, 0.1) is 12.7 Å². The first-order valence-corrected chi connectivity index (χ1v) is 9.21. The van der Waals surface area contributed by atoms with Gasteiger partial charge in [0.1, 0.15) is 11.3 Å². The van der Waals surface area contributed by atoms with Crippen molar-refractivity contribution >= 4 is 18.7 Å². The van der Waals surface area contributed by atoms with Crippen LogP contribution in [-0.4, -0.2) is 29.1 Å². The zero-order chi connectivity index (χ0) is 20.5. The second-order valence-corrected chi connectivity index (χ2v) is 7.31. The quantitative estimate of drug-likeness (QED) is 0.350. The van der Waals surface area contributed by atoms with Gasteiger partial charge in [-0.1, -0.05) is 19.1 Å². The summed E-state index contributed by atoms with van der Waals surface area (Å²) in [5.41, 5.74) is 1.66. The Hall–Kier alpha value is -2.93. The molecular formula is C21H25N3O4. The average Bonchev–Trinajstić information content (AvgIpc) is 3.16. The highest BCUT2D eigenvalue weighted by atomic mass is 16.5. The molecule has 0 spiro atoms. The fourth-order valence-corrected chi connectivity index (χ4v) is 3.33. The first-order valence-electron chi connectivity index (χ1n) is 9.21. The molecule has 2 aliphatic rings. The van der Waals surface area contributed by atoms with E-state index in [1.54, 1.807) is 32.9 Å². The molecule has 1 fully saturated rings. The summed E-state index contributed by atoms with van der Waals surface area (Å²) >= 11 is 0. The molecule has 0 radical (unpaired) electrons. The van der Waals surface area contributed by atoms with Crippen LogP contribution in [0, 0.1) is 0 Å². The lowest BCUT2D eigenvalue weighted by atomic mass is 10.0. The van der Waals surface area contributed by atoms with E-state index in [2.05, 4.69) is 24.0 Å². The summed E-state index contributed by atoms with van der Waals surface area (Å²) in [4.78, 5) is 29.5. The van der Waals surface area contributed by atoms with Crippen LogP contribution in [0.4, 0.5) is 4.79 Å². The maximum absolute atomic E-state index is 12.4. The Labute approximate surface area is 164 Å². The van der Waals surface area contributed by atoms with Crippen molar-refractivity contribution in [3.05, 3.63) is 53.1 Å². The maximum Gasteiger partial charge on any atom is 0.329 e. The van der Waals surface area contributed by atoms with Gasteiger partial charge in [0.2, 0.25) is 5.88 Å². The topological polar surface area (TPSA) is 80.2 Å². The summed E-state index contributed by atoms with van der Waals surface area (Å²) in [6.07, 6.45) is 4.03. The van der Waals surface area contributed by atoms with Crippen LogP contribution in [0.1, 0.15) is 51.3 Å². The van der Waals surface area contributed by atoms with Gasteiger partial charge in [-0.3, -0.25) is 4.79 Å². The molecular weight excluding hydrogens is 358 g/mol. The lowest BCUT2D eigenvalue weighted by Crippen LogP contribution is -2.40. The van der Waals surface area contributed by atoms with Crippen molar-refractivity contribution in [2.24, 2.45) is 4.99 Å². The van der Waals surface area contributed by atoms with Gasteiger partial charge >= 0.3 is 6.03 Å². The molecule has 2 heterocycles. The summed E-state index contributed by atoms with van der Waals surface area (Å²) in [6, 6.07) is 5.35. The van der Waals surface area contributed by atoms with Crippen molar-refractivity contribution in [3.8, 4) is 5.75 Å². The molecule has 1 aromatic carbocycles. The van der Waals surface area contributed by atoms with E-state index in [1.807, 2.05) is 18.2 Å². The Morgan fingerprint density at radius 1 is 1.43 bits per heavy atom. The largest absolute Gasteiger partial charge is 0.439 e. The molecule has 0 aromatic heterocycles. The van der Waals surface area contributed by atoms with Crippen LogP contribution in [0.15, 0.2) is 46.9 Å². The molecule has 2 aliphatic heterocycles. The van der Waals surface area contributed by atoms with E-state index < -0.39 is 11.6 Å². The van der Waals surface area contributed by atoms with Crippen molar-refractivity contribution in [1.82, 2.24) is 10.2 Å². The Morgan fingerprint density at radius 2 is 2.18 bits per heavy atom. The van der Waals surface area contributed by atoms with E-state index >= 15 is 0 Å². The number of carbonyl (C=O) groups is 2. The second-order valence-electron chi connectivity index (χ2n) is 7.31. The number of ether oxygens (including phenoxy) is 2. The van der Waals surface area contributed by atoms with Gasteiger partial charge in [-0.05, 0) is 51.6 Å². The van der Waals surface area contributed by atoms with Crippen LogP contribution in [0.2, 0.25) is 0 Å². The predicted octanol–water partition coefficient (Wildman–Crippen LogP) is 3.82. The zero-order valence-corrected chi connectivity index (χ0v) is 16.6. The molecule has 1 atom stereocenters. The minimum atomic E-state index is -0.925. The number of allylic oxidation sites excluding steroid dienone is 3. The molecule has 3 amide bonds. The van der Waals surface area contributed by atoms with Crippen LogP contribution in [-0.2, 0) is 16.1 Å². The third-order valence-electron chi connectivity index (χ3n) is 4.84. The highest BCUT2D eigenvalue weighted by molar-refractivity contribution is 6.08. The molecule has 1 saturated heterocycles. The molecule has 28 heavy (non-hydrogen) atoms. The van der Waals surface area contributed by atoms with Gasteiger partial charge in [0.25, 0.3) is 5.91 Å². The number of rotatable bonds is 6. The maximum atomic E-state index is 12.4. The van der Waals surface area contributed by atoms with Crippen LogP contribution in [0.25, 0.3) is 0 Å². The number of nitrogens with one attached hydrogen (secondary N) is 1. The highest BCUT2D eigenvalue weighted by Gasteiger charge is 2.44. The van der Waals surface area contributed by atoms with Crippen LogP contribution < -0.4 is 10.1 Å². The SMILES string of the molecule is C=N/C(=C\C=C(/C)N1C(=O)NC(C)(C)C1=O)Oc1cccc2c1C(CC)OC2. The molecule has 0 saturated carbocycles. The molecule has 0 aliphatic carbocycles. The number of carbonyl (C=O) groups excluding carboxylic acids is 2. The predicted molar refractivity (Wildman–Crippen MR) is 106 cm³/mol. The summed E-state index contributed by atoms with van der Waals surface area (Å²) in [6.45, 7) is 11.2. The first-order chi connectivity index (χ1) is 13.3. The second kappa shape index (κ2) is 7.59. The lowest BCUT2D eigenvalue weighted by molar-refractivity contribution is -0.128. The number of aliphatic imine (C=N–C) groups is 1. The number of benzene rings is 1. The third-order valence-corrected chi connectivity index (χ3v) is 4.84. The zero-order valence-electron chi connectivity index (χ0n) is 16.6. The van der Waals surface area contributed by atoms with Gasteiger partial charge in [0, 0.05) is 17.3 Å². The normalized spacial score (nSPS) is 21.6. The molecule has 148 valence electrons. The fourth-order valence-electron chi connectivity index (χ4n) is 3.33. The molecule has 1 aromatic rings. The van der Waals surface area contributed by atoms with E-state index in [0.717, 1.165) is 22.4 Å². The smallest absolute Gasteiger partial charge is 0.329 e. The Bertz CT molecular complexity index is 886. The van der Waals surface area contributed by atoms with E-state index in [4.69, 9.17) is 9.47 Å².